The molecule has 0 fully saturated rings. The van der Waals surface area contributed by atoms with Gasteiger partial charge < -0.3 is 14.7 Å². The van der Waals surface area contributed by atoms with E-state index in [2.05, 4.69) is 10.5 Å². The summed E-state index contributed by atoms with van der Waals surface area (Å²) in [4.78, 5) is 14.1. The number of carbonyl (C=O) groups is 1. The van der Waals surface area contributed by atoms with Crippen LogP contribution < -0.4 is 10.2 Å². The van der Waals surface area contributed by atoms with Crippen molar-refractivity contribution < 1.29 is 17.7 Å². The van der Waals surface area contributed by atoms with Crippen LogP contribution in [0.25, 0.3) is 0 Å². The monoisotopic (exact) mass is 352 g/mol. The number of aromatic nitrogens is 1. The van der Waals surface area contributed by atoms with Crippen molar-refractivity contribution in [1.82, 2.24) is 9.46 Å². The fraction of sp³-hybridized carbons (Fsp3) is 0.333. The van der Waals surface area contributed by atoms with E-state index in [0.717, 1.165) is 4.31 Å². The van der Waals surface area contributed by atoms with Crippen LogP contribution in [-0.4, -0.2) is 52.0 Å². The molecule has 0 atom stereocenters. The third-order valence-corrected chi connectivity index (χ3v) is 5.14. The average Bonchev–Trinajstić information content (AvgIpc) is 2.93. The van der Waals surface area contributed by atoms with Gasteiger partial charge in [0, 0.05) is 34.3 Å². The van der Waals surface area contributed by atoms with Crippen LogP contribution in [-0.2, 0) is 10.0 Å². The van der Waals surface area contributed by atoms with Gasteiger partial charge in [0.1, 0.15) is 0 Å². The Morgan fingerprint density at radius 3 is 2.33 bits per heavy atom. The normalized spacial score (nSPS) is 11.6. The van der Waals surface area contributed by atoms with Gasteiger partial charge >= 0.3 is 0 Å². The van der Waals surface area contributed by atoms with Crippen LogP contribution in [0.2, 0.25) is 0 Å². The first-order valence-electron chi connectivity index (χ1n) is 7.11. The highest BCUT2D eigenvalue weighted by molar-refractivity contribution is 7.89. The van der Waals surface area contributed by atoms with Gasteiger partial charge in [-0.1, -0.05) is 5.16 Å². The highest BCUT2D eigenvalue weighted by atomic mass is 32.2. The Bertz CT molecular complexity index is 856. The SMILES string of the molecule is Cc1cc(C(=O)Nc2cc(S(=O)(=O)N(C)C)ccc2N(C)C)on1. The topological polar surface area (TPSA) is 95.8 Å². The van der Waals surface area contributed by atoms with Gasteiger partial charge in [0.25, 0.3) is 5.91 Å². The van der Waals surface area contributed by atoms with E-state index in [1.807, 2.05) is 0 Å². The number of sulfonamides is 1. The average molecular weight is 352 g/mol. The summed E-state index contributed by atoms with van der Waals surface area (Å²) in [6, 6.07) is 6.06. The number of nitrogens with one attached hydrogen (secondary N) is 1. The zero-order chi connectivity index (χ0) is 18.1. The van der Waals surface area contributed by atoms with Crippen molar-refractivity contribution >= 4 is 27.3 Å². The van der Waals surface area contributed by atoms with Crippen LogP contribution in [0.3, 0.4) is 0 Å². The quantitative estimate of drug-likeness (QED) is 0.877. The zero-order valence-electron chi connectivity index (χ0n) is 14.2. The second-order valence-corrected chi connectivity index (χ2v) is 7.80. The Morgan fingerprint density at radius 1 is 1.17 bits per heavy atom. The van der Waals surface area contributed by atoms with Crippen molar-refractivity contribution in [3.63, 3.8) is 0 Å². The minimum Gasteiger partial charge on any atom is -0.376 e. The molecule has 8 nitrogen and oxygen atoms in total. The standard InChI is InChI=1S/C15H20N4O4S/c1-10-8-14(23-17-10)15(20)16-12-9-11(24(21,22)19(4)5)6-7-13(12)18(2)3/h6-9H,1-5H3,(H,16,20). The Hall–Kier alpha value is -2.39. The lowest BCUT2D eigenvalue weighted by molar-refractivity contribution is 0.0988. The fourth-order valence-corrected chi connectivity index (χ4v) is 2.96. The first kappa shape index (κ1) is 18.0. The minimum atomic E-state index is -3.61. The van der Waals surface area contributed by atoms with E-state index >= 15 is 0 Å². The number of hydrogen-bond donors (Lipinski definition) is 1. The van der Waals surface area contributed by atoms with E-state index in [9.17, 15) is 13.2 Å². The molecule has 0 aliphatic rings. The summed E-state index contributed by atoms with van der Waals surface area (Å²) in [5, 5.41) is 6.34. The molecule has 1 heterocycles. The summed E-state index contributed by atoms with van der Waals surface area (Å²) < 4.78 is 30.6. The second kappa shape index (κ2) is 6.62. The Kier molecular flexibility index (Phi) is 4.95. The van der Waals surface area contributed by atoms with Crippen molar-refractivity contribution in [2.24, 2.45) is 0 Å². The maximum absolute atomic E-state index is 12.3. The summed E-state index contributed by atoms with van der Waals surface area (Å²) in [5.74, 6) is -0.448. The van der Waals surface area contributed by atoms with Gasteiger partial charge in [-0.2, -0.15) is 0 Å². The number of hydrogen-bond acceptors (Lipinski definition) is 6. The third-order valence-electron chi connectivity index (χ3n) is 3.33. The predicted octanol–water partition coefficient (Wildman–Crippen LogP) is 1.55. The predicted molar refractivity (Wildman–Crippen MR) is 90.8 cm³/mol. The van der Waals surface area contributed by atoms with Gasteiger partial charge in [-0.05, 0) is 25.1 Å². The maximum Gasteiger partial charge on any atom is 0.294 e. The van der Waals surface area contributed by atoms with Crippen LogP contribution in [0.4, 0.5) is 11.4 Å². The molecule has 0 radical (unpaired) electrons. The molecule has 1 amide bonds. The highest BCUT2D eigenvalue weighted by Gasteiger charge is 2.21. The Labute approximate surface area is 141 Å². The Morgan fingerprint density at radius 2 is 1.83 bits per heavy atom. The molecule has 9 heteroatoms. The molecule has 0 bridgehead atoms. The van der Waals surface area contributed by atoms with Crippen molar-refractivity contribution in [3.8, 4) is 0 Å². The van der Waals surface area contributed by atoms with Gasteiger partial charge in [0.05, 0.1) is 22.0 Å². The van der Waals surface area contributed by atoms with E-state index in [0.29, 0.717) is 17.1 Å². The fourth-order valence-electron chi connectivity index (χ4n) is 2.03. The molecular weight excluding hydrogens is 332 g/mol. The molecule has 0 aliphatic heterocycles. The zero-order valence-corrected chi connectivity index (χ0v) is 15.0. The van der Waals surface area contributed by atoms with Gasteiger partial charge in [-0.3, -0.25) is 4.79 Å². The smallest absolute Gasteiger partial charge is 0.294 e. The van der Waals surface area contributed by atoms with Crippen molar-refractivity contribution in [2.75, 3.05) is 38.4 Å². The molecule has 0 saturated heterocycles. The molecule has 2 aromatic rings. The first-order valence-corrected chi connectivity index (χ1v) is 8.55. The number of carbonyl (C=O) groups excluding carboxylic acids is 1. The molecule has 0 unspecified atom stereocenters. The molecule has 1 aromatic carbocycles. The lowest BCUT2D eigenvalue weighted by atomic mass is 10.2. The number of anilines is 2. The van der Waals surface area contributed by atoms with E-state index in [1.54, 1.807) is 32.0 Å². The van der Waals surface area contributed by atoms with Crippen LogP contribution in [0.15, 0.2) is 33.7 Å². The molecule has 1 N–H and O–H groups in total. The number of benzene rings is 1. The molecule has 2 rings (SSSR count). The van der Waals surface area contributed by atoms with Gasteiger partial charge in [-0.15, -0.1) is 0 Å². The van der Waals surface area contributed by atoms with Crippen molar-refractivity contribution in [2.45, 2.75) is 11.8 Å². The molecule has 0 aliphatic carbocycles. The van der Waals surface area contributed by atoms with Crippen LogP contribution in [0.5, 0.6) is 0 Å². The van der Waals surface area contributed by atoms with Crippen LogP contribution in [0.1, 0.15) is 16.2 Å². The summed E-state index contributed by atoms with van der Waals surface area (Å²) in [5.41, 5.74) is 1.61. The molecular formula is C15H20N4O4S. The third kappa shape index (κ3) is 3.57. The molecule has 0 spiro atoms. The van der Waals surface area contributed by atoms with Crippen LogP contribution >= 0.6 is 0 Å². The summed E-state index contributed by atoms with van der Waals surface area (Å²) in [7, 11) is 2.88. The van der Waals surface area contributed by atoms with E-state index < -0.39 is 15.9 Å². The molecule has 24 heavy (non-hydrogen) atoms. The molecule has 0 saturated carbocycles. The maximum atomic E-state index is 12.3. The van der Waals surface area contributed by atoms with E-state index in [4.69, 9.17) is 4.52 Å². The van der Waals surface area contributed by atoms with Gasteiger partial charge in [-0.25, -0.2) is 12.7 Å². The highest BCUT2D eigenvalue weighted by Crippen LogP contribution is 2.29. The molecule has 1 aromatic heterocycles. The largest absolute Gasteiger partial charge is 0.376 e. The van der Waals surface area contributed by atoms with E-state index in [1.165, 1.54) is 32.3 Å². The number of rotatable bonds is 5. The molecule has 130 valence electrons. The number of aryl methyl sites for hydroxylation is 1. The number of amides is 1. The summed E-state index contributed by atoms with van der Waals surface area (Å²) in [6.45, 7) is 1.70. The lowest BCUT2D eigenvalue weighted by Gasteiger charge is -2.19. The van der Waals surface area contributed by atoms with Crippen LogP contribution in [0, 0.1) is 6.92 Å². The Balaban J connectivity index is 2.44. The number of nitrogens with zero attached hydrogens (tertiary/aromatic N) is 3. The second-order valence-electron chi connectivity index (χ2n) is 5.65. The summed E-state index contributed by atoms with van der Waals surface area (Å²) >= 11 is 0. The van der Waals surface area contributed by atoms with E-state index in [-0.39, 0.29) is 10.7 Å². The van der Waals surface area contributed by atoms with Crippen molar-refractivity contribution in [3.05, 3.63) is 35.7 Å². The first-order chi connectivity index (χ1) is 11.1. The minimum absolute atomic E-state index is 0.0538. The van der Waals surface area contributed by atoms with Gasteiger partial charge in [0.15, 0.2) is 0 Å². The summed E-state index contributed by atoms with van der Waals surface area (Å²) in [6.07, 6.45) is 0. The van der Waals surface area contributed by atoms with Gasteiger partial charge in [0.2, 0.25) is 15.8 Å². The lowest BCUT2D eigenvalue weighted by Crippen LogP contribution is -2.23. The van der Waals surface area contributed by atoms with Crippen molar-refractivity contribution in [1.29, 1.82) is 0 Å².